The zero-order valence-electron chi connectivity index (χ0n) is 16.8. The molecule has 0 radical (unpaired) electrons. The van der Waals surface area contributed by atoms with Crippen LogP contribution in [0.1, 0.15) is 5.56 Å². The Morgan fingerprint density at radius 1 is 0.900 bits per heavy atom. The molecule has 0 bridgehead atoms. The molecule has 30 heavy (non-hydrogen) atoms. The van der Waals surface area contributed by atoms with Crippen LogP contribution in [0.2, 0.25) is 0 Å². The molecular weight excluding hydrogens is 380 g/mol. The maximum Gasteiger partial charge on any atom is 0.240 e. The van der Waals surface area contributed by atoms with Gasteiger partial charge in [-0.3, -0.25) is 9.59 Å². The Hall–Kier alpha value is -3.80. The summed E-state index contributed by atoms with van der Waals surface area (Å²) in [5.41, 5.74) is 2.25. The van der Waals surface area contributed by atoms with E-state index < -0.39 is 0 Å². The van der Waals surface area contributed by atoms with E-state index >= 15 is 0 Å². The van der Waals surface area contributed by atoms with Crippen molar-refractivity contribution in [3.05, 3.63) is 82.5 Å². The molecule has 152 valence electrons. The molecular formula is C24H22N2O4. The lowest BCUT2D eigenvalue weighted by Gasteiger charge is -2.16. The number of carbonyl (C=O) groups is 1. The molecule has 1 aromatic heterocycles. The predicted octanol–water partition coefficient (Wildman–Crippen LogP) is 3.49. The van der Waals surface area contributed by atoms with Gasteiger partial charge in [-0.1, -0.05) is 24.3 Å². The molecule has 3 aromatic carbocycles. The second kappa shape index (κ2) is 8.29. The van der Waals surface area contributed by atoms with Crippen LogP contribution < -0.4 is 20.2 Å². The number of benzene rings is 3. The largest absolute Gasteiger partial charge is 0.497 e. The van der Waals surface area contributed by atoms with Crippen molar-refractivity contribution in [1.82, 2.24) is 9.88 Å². The number of aromatic nitrogens is 1. The van der Waals surface area contributed by atoms with E-state index in [-0.39, 0.29) is 17.9 Å². The molecule has 4 aromatic rings. The highest BCUT2D eigenvalue weighted by atomic mass is 16.5. The first-order valence-corrected chi connectivity index (χ1v) is 9.60. The van der Waals surface area contributed by atoms with Gasteiger partial charge in [0.15, 0.2) is 5.43 Å². The summed E-state index contributed by atoms with van der Waals surface area (Å²) in [6.45, 7) is 0.392. The van der Waals surface area contributed by atoms with E-state index in [9.17, 15) is 9.59 Å². The zero-order valence-corrected chi connectivity index (χ0v) is 16.8. The highest BCUT2D eigenvalue weighted by Crippen LogP contribution is 2.24. The summed E-state index contributed by atoms with van der Waals surface area (Å²) in [4.78, 5) is 25.7. The third-order valence-electron chi connectivity index (χ3n) is 5.14. The van der Waals surface area contributed by atoms with Gasteiger partial charge in [-0.05, 0) is 42.5 Å². The summed E-state index contributed by atoms with van der Waals surface area (Å²) in [5, 5.41) is 4.14. The van der Waals surface area contributed by atoms with E-state index in [2.05, 4.69) is 5.32 Å². The van der Waals surface area contributed by atoms with Crippen LogP contribution in [0.4, 0.5) is 0 Å². The van der Waals surface area contributed by atoms with Crippen LogP contribution in [0, 0.1) is 0 Å². The molecule has 1 amide bonds. The Balaban J connectivity index is 1.65. The first-order valence-electron chi connectivity index (χ1n) is 9.60. The van der Waals surface area contributed by atoms with Crippen molar-refractivity contribution in [3.63, 3.8) is 0 Å². The molecule has 6 heteroatoms. The molecule has 0 spiro atoms. The molecule has 1 heterocycles. The number of rotatable bonds is 6. The van der Waals surface area contributed by atoms with E-state index in [0.29, 0.717) is 28.8 Å². The Labute approximate surface area is 173 Å². The van der Waals surface area contributed by atoms with Gasteiger partial charge in [0.25, 0.3) is 0 Å². The van der Waals surface area contributed by atoms with Crippen molar-refractivity contribution in [2.24, 2.45) is 0 Å². The van der Waals surface area contributed by atoms with Gasteiger partial charge in [0.1, 0.15) is 18.0 Å². The van der Waals surface area contributed by atoms with Crippen molar-refractivity contribution in [2.75, 3.05) is 14.2 Å². The fourth-order valence-corrected chi connectivity index (χ4v) is 3.66. The number of ether oxygens (including phenoxy) is 2. The van der Waals surface area contributed by atoms with Crippen molar-refractivity contribution < 1.29 is 14.3 Å². The van der Waals surface area contributed by atoms with Gasteiger partial charge in [-0.2, -0.15) is 0 Å². The fourth-order valence-electron chi connectivity index (χ4n) is 3.66. The number of nitrogens with zero attached hydrogens (tertiary/aromatic N) is 1. The number of nitrogens with one attached hydrogen (secondary N) is 1. The van der Waals surface area contributed by atoms with Crippen molar-refractivity contribution >= 4 is 27.7 Å². The lowest BCUT2D eigenvalue weighted by molar-refractivity contribution is -0.121. The molecule has 0 saturated heterocycles. The van der Waals surface area contributed by atoms with Crippen molar-refractivity contribution in [2.45, 2.75) is 13.1 Å². The summed E-state index contributed by atoms with van der Waals surface area (Å²) in [6, 6.07) is 20.2. The number of amides is 1. The minimum atomic E-state index is -0.168. The van der Waals surface area contributed by atoms with Crippen LogP contribution in [0.15, 0.2) is 71.5 Å². The van der Waals surface area contributed by atoms with E-state index in [1.54, 1.807) is 26.4 Å². The van der Waals surface area contributed by atoms with Crippen LogP contribution in [0.5, 0.6) is 11.5 Å². The summed E-state index contributed by atoms with van der Waals surface area (Å²) in [5.74, 6) is 1.20. The van der Waals surface area contributed by atoms with Gasteiger partial charge in [0, 0.05) is 22.9 Å². The molecule has 0 saturated carbocycles. The van der Waals surface area contributed by atoms with Gasteiger partial charge < -0.3 is 19.4 Å². The van der Waals surface area contributed by atoms with Gasteiger partial charge in [0.2, 0.25) is 5.91 Å². The highest BCUT2D eigenvalue weighted by molar-refractivity contribution is 5.94. The highest BCUT2D eigenvalue weighted by Gasteiger charge is 2.13. The third kappa shape index (κ3) is 3.59. The van der Waals surface area contributed by atoms with E-state index in [1.165, 1.54) is 0 Å². The number of methoxy groups -OCH3 is 2. The monoisotopic (exact) mass is 402 g/mol. The second-order valence-corrected chi connectivity index (χ2v) is 6.90. The molecule has 0 fully saturated rings. The Morgan fingerprint density at radius 3 is 2.13 bits per heavy atom. The van der Waals surface area contributed by atoms with E-state index in [4.69, 9.17) is 9.47 Å². The molecule has 4 rings (SSSR count). The molecule has 0 unspecified atom stereocenters. The van der Waals surface area contributed by atoms with Gasteiger partial charge in [-0.15, -0.1) is 0 Å². The number of hydrogen-bond donors (Lipinski definition) is 1. The lowest BCUT2D eigenvalue weighted by atomic mass is 10.1. The maximum atomic E-state index is 12.8. The smallest absolute Gasteiger partial charge is 0.240 e. The summed E-state index contributed by atoms with van der Waals surface area (Å²) >= 11 is 0. The van der Waals surface area contributed by atoms with Gasteiger partial charge in [-0.25, -0.2) is 0 Å². The summed E-state index contributed by atoms with van der Waals surface area (Å²) in [7, 11) is 3.18. The van der Waals surface area contributed by atoms with Crippen LogP contribution in [0.3, 0.4) is 0 Å². The Kier molecular flexibility index (Phi) is 5.39. The van der Waals surface area contributed by atoms with Crippen LogP contribution in [0.25, 0.3) is 21.8 Å². The third-order valence-corrected chi connectivity index (χ3v) is 5.14. The normalized spacial score (nSPS) is 10.9. The standard InChI is InChI=1S/C24H22N2O4/c1-29-17-11-12-22(30-2)16(13-17)14-25-23(27)15-26-20-9-5-3-7-18(20)24(28)19-8-4-6-10-21(19)26/h3-13H,14-15H2,1-2H3,(H,25,27). The lowest BCUT2D eigenvalue weighted by Crippen LogP contribution is -2.28. The number of para-hydroxylation sites is 2. The quantitative estimate of drug-likeness (QED) is 0.501. The van der Waals surface area contributed by atoms with Crippen LogP contribution >= 0.6 is 0 Å². The second-order valence-electron chi connectivity index (χ2n) is 6.90. The predicted molar refractivity (Wildman–Crippen MR) is 117 cm³/mol. The molecule has 0 aliphatic carbocycles. The number of fused-ring (bicyclic) bond motifs is 2. The summed E-state index contributed by atoms with van der Waals surface area (Å²) < 4.78 is 12.5. The number of pyridine rings is 1. The first-order chi connectivity index (χ1) is 14.6. The van der Waals surface area contributed by atoms with E-state index in [1.807, 2.05) is 59.2 Å². The average molecular weight is 402 g/mol. The Bertz CT molecular complexity index is 1230. The minimum Gasteiger partial charge on any atom is -0.497 e. The molecule has 6 nitrogen and oxygen atoms in total. The zero-order chi connectivity index (χ0) is 21.1. The fraction of sp³-hybridized carbons (Fsp3) is 0.167. The maximum absolute atomic E-state index is 12.8. The van der Waals surface area contributed by atoms with Crippen molar-refractivity contribution in [1.29, 1.82) is 0 Å². The van der Waals surface area contributed by atoms with Crippen molar-refractivity contribution in [3.8, 4) is 11.5 Å². The van der Waals surface area contributed by atoms with Gasteiger partial charge in [0.05, 0.1) is 25.3 Å². The minimum absolute atomic E-state index is 0.0287. The number of carbonyl (C=O) groups excluding carboxylic acids is 1. The Morgan fingerprint density at radius 2 is 1.53 bits per heavy atom. The molecule has 0 aliphatic heterocycles. The van der Waals surface area contributed by atoms with E-state index in [0.717, 1.165) is 16.6 Å². The molecule has 0 aliphatic rings. The average Bonchev–Trinajstić information content (AvgIpc) is 2.80. The van der Waals surface area contributed by atoms with Crippen LogP contribution in [-0.4, -0.2) is 24.7 Å². The molecule has 1 N–H and O–H groups in total. The van der Waals surface area contributed by atoms with Crippen LogP contribution in [-0.2, 0) is 17.9 Å². The first kappa shape index (κ1) is 19.5. The molecule has 0 atom stereocenters. The van der Waals surface area contributed by atoms with Gasteiger partial charge >= 0.3 is 0 Å². The summed E-state index contributed by atoms with van der Waals surface area (Å²) in [6.07, 6.45) is 0. The number of hydrogen-bond acceptors (Lipinski definition) is 4. The topological polar surface area (TPSA) is 69.6 Å². The SMILES string of the molecule is COc1ccc(OC)c(CNC(=O)Cn2c3ccccc3c(=O)c3ccccc32)c1.